The van der Waals surface area contributed by atoms with Crippen molar-refractivity contribution in [3.63, 3.8) is 0 Å². The standard InChI is InChI=1S/C18H18ClFN2O2/c1-12-15(19)7-5-9-17(12)22(13(2)23)11-10-21-18(24)14-6-3-4-8-16(14)20/h3-9H,10-11H2,1-2H3,(H,21,24). The molecule has 1 N–H and O–H groups in total. The van der Waals surface area contributed by atoms with Crippen molar-refractivity contribution in [1.29, 1.82) is 0 Å². The Labute approximate surface area is 145 Å². The van der Waals surface area contributed by atoms with Crippen LogP contribution in [-0.2, 0) is 4.79 Å². The molecule has 0 saturated heterocycles. The van der Waals surface area contributed by atoms with Crippen LogP contribution in [0.3, 0.4) is 0 Å². The van der Waals surface area contributed by atoms with Gasteiger partial charge in [0.1, 0.15) is 5.82 Å². The Kier molecular flexibility index (Phi) is 5.93. The fourth-order valence-corrected chi connectivity index (χ4v) is 2.53. The normalized spacial score (nSPS) is 10.3. The average molecular weight is 349 g/mol. The van der Waals surface area contributed by atoms with Crippen LogP contribution in [0.2, 0.25) is 5.02 Å². The van der Waals surface area contributed by atoms with Crippen molar-refractivity contribution in [1.82, 2.24) is 5.32 Å². The summed E-state index contributed by atoms with van der Waals surface area (Å²) >= 11 is 6.10. The van der Waals surface area contributed by atoms with Crippen LogP contribution in [-0.4, -0.2) is 24.9 Å². The second kappa shape index (κ2) is 7.93. The second-order valence-corrected chi connectivity index (χ2v) is 5.70. The van der Waals surface area contributed by atoms with Crippen molar-refractivity contribution in [3.8, 4) is 0 Å². The summed E-state index contributed by atoms with van der Waals surface area (Å²) in [5.74, 6) is -1.26. The van der Waals surface area contributed by atoms with E-state index in [1.54, 1.807) is 24.3 Å². The molecule has 24 heavy (non-hydrogen) atoms. The molecule has 0 unspecified atom stereocenters. The number of nitrogens with one attached hydrogen (secondary N) is 1. The SMILES string of the molecule is CC(=O)N(CCNC(=O)c1ccccc1F)c1cccc(Cl)c1C. The molecule has 0 aromatic heterocycles. The summed E-state index contributed by atoms with van der Waals surface area (Å²) in [6, 6.07) is 11.1. The van der Waals surface area contributed by atoms with Crippen molar-refractivity contribution in [2.75, 3.05) is 18.0 Å². The van der Waals surface area contributed by atoms with E-state index in [1.165, 1.54) is 30.0 Å². The largest absolute Gasteiger partial charge is 0.350 e. The van der Waals surface area contributed by atoms with Gasteiger partial charge in [-0.05, 0) is 36.8 Å². The van der Waals surface area contributed by atoms with Gasteiger partial charge in [0, 0.05) is 30.7 Å². The lowest BCUT2D eigenvalue weighted by Crippen LogP contribution is -2.38. The molecule has 2 aromatic carbocycles. The molecule has 0 aliphatic carbocycles. The van der Waals surface area contributed by atoms with Crippen LogP contribution < -0.4 is 10.2 Å². The molecule has 0 fully saturated rings. The van der Waals surface area contributed by atoms with Crippen LogP contribution in [0.4, 0.5) is 10.1 Å². The molecule has 0 aliphatic heterocycles. The molecule has 2 aromatic rings. The highest BCUT2D eigenvalue weighted by Gasteiger charge is 2.16. The Hall–Kier alpha value is -2.40. The highest BCUT2D eigenvalue weighted by molar-refractivity contribution is 6.31. The Balaban J connectivity index is 2.05. The van der Waals surface area contributed by atoms with Gasteiger partial charge in [-0.15, -0.1) is 0 Å². The van der Waals surface area contributed by atoms with Gasteiger partial charge in [0.05, 0.1) is 5.56 Å². The smallest absolute Gasteiger partial charge is 0.254 e. The molecule has 6 heteroatoms. The number of halogens is 2. The second-order valence-electron chi connectivity index (χ2n) is 5.29. The first-order chi connectivity index (χ1) is 11.4. The van der Waals surface area contributed by atoms with E-state index in [0.717, 1.165) is 5.56 Å². The average Bonchev–Trinajstić information content (AvgIpc) is 2.54. The Morgan fingerprint density at radius 1 is 1.17 bits per heavy atom. The van der Waals surface area contributed by atoms with Gasteiger partial charge in [-0.25, -0.2) is 4.39 Å². The van der Waals surface area contributed by atoms with Crippen LogP contribution in [0.5, 0.6) is 0 Å². The third kappa shape index (κ3) is 4.11. The highest BCUT2D eigenvalue weighted by Crippen LogP contribution is 2.26. The molecule has 2 rings (SSSR count). The summed E-state index contributed by atoms with van der Waals surface area (Å²) in [6.07, 6.45) is 0. The molecule has 126 valence electrons. The maximum atomic E-state index is 13.6. The van der Waals surface area contributed by atoms with Gasteiger partial charge < -0.3 is 10.2 Å². The van der Waals surface area contributed by atoms with Gasteiger partial charge in [0.25, 0.3) is 5.91 Å². The summed E-state index contributed by atoms with van der Waals surface area (Å²) in [7, 11) is 0. The zero-order valence-corrected chi connectivity index (χ0v) is 14.2. The molecule has 0 spiro atoms. The van der Waals surface area contributed by atoms with Gasteiger partial charge in [-0.1, -0.05) is 29.8 Å². The third-order valence-corrected chi connectivity index (χ3v) is 4.06. The first-order valence-electron chi connectivity index (χ1n) is 7.47. The van der Waals surface area contributed by atoms with Crippen LogP contribution >= 0.6 is 11.6 Å². The predicted molar refractivity (Wildman–Crippen MR) is 92.9 cm³/mol. The van der Waals surface area contributed by atoms with Crippen LogP contribution in [0.1, 0.15) is 22.8 Å². The van der Waals surface area contributed by atoms with Crippen molar-refractivity contribution < 1.29 is 14.0 Å². The van der Waals surface area contributed by atoms with E-state index in [4.69, 9.17) is 11.6 Å². The number of amides is 2. The fraction of sp³-hybridized carbons (Fsp3) is 0.222. The lowest BCUT2D eigenvalue weighted by Gasteiger charge is -2.23. The Bertz CT molecular complexity index is 764. The molecule has 0 aliphatic rings. The molecule has 0 heterocycles. The van der Waals surface area contributed by atoms with Gasteiger partial charge in [0.2, 0.25) is 5.91 Å². The summed E-state index contributed by atoms with van der Waals surface area (Å²) in [4.78, 5) is 25.4. The Morgan fingerprint density at radius 2 is 1.88 bits per heavy atom. The summed E-state index contributed by atoms with van der Waals surface area (Å²) < 4.78 is 13.6. The molecular weight excluding hydrogens is 331 g/mol. The number of carbonyl (C=O) groups is 2. The van der Waals surface area contributed by atoms with E-state index in [9.17, 15) is 14.0 Å². The predicted octanol–water partition coefficient (Wildman–Crippen LogP) is 3.57. The van der Waals surface area contributed by atoms with E-state index < -0.39 is 11.7 Å². The van der Waals surface area contributed by atoms with E-state index in [1.807, 2.05) is 6.92 Å². The van der Waals surface area contributed by atoms with Crippen molar-refractivity contribution in [2.45, 2.75) is 13.8 Å². The van der Waals surface area contributed by atoms with Gasteiger partial charge >= 0.3 is 0 Å². The number of hydrogen-bond acceptors (Lipinski definition) is 2. The number of carbonyl (C=O) groups excluding carboxylic acids is 2. The van der Waals surface area contributed by atoms with Gasteiger partial charge in [-0.2, -0.15) is 0 Å². The van der Waals surface area contributed by atoms with Crippen molar-refractivity contribution in [2.24, 2.45) is 0 Å². The lowest BCUT2D eigenvalue weighted by atomic mass is 10.1. The fourth-order valence-electron chi connectivity index (χ4n) is 2.36. The van der Waals surface area contributed by atoms with Crippen molar-refractivity contribution in [3.05, 3.63) is 64.4 Å². The highest BCUT2D eigenvalue weighted by atomic mass is 35.5. The maximum Gasteiger partial charge on any atom is 0.254 e. The van der Waals surface area contributed by atoms with E-state index in [-0.39, 0.29) is 24.6 Å². The van der Waals surface area contributed by atoms with E-state index >= 15 is 0 Å². The molecule has 2 amide bonds. The Morgan fingerprint density at radius 3 is 2.54 bits per heavy atom. The summed E-state index contributed by atoms with van der Waals surface area (Å²) in [6.45, 7) is 3.72. The quantitative estimate of drug-likeness (QED) is 0.898. The maximum absolute atomic E-state index is 13.6. The van der Waals surface area contributed by atoms with E-state index in [2.05, 4.69) is 5.32 Å². The zero-order valence-electron chi connectivity index (χ0n) is 13.5. The van der Waals surface area contributed by atoms with Gasteiger partial charge in [-0.3, -0.25) is 9.59 Å². The van der Waals surface area contributed by atoms with Crippen molar-refractivity contribution >= 4 is 29.1 Å². The third-order valence-electron chi connectivity index (χ3n) is 3.65. The number of nitrogens with zero attached hydrogens (tertiary/aromatic N) is 1. The molecular formula is C18H18ClFN2O2. The molecule has 0 saturated carbocycles. The number of benzene rings is 2. The lowest BCUT2D eigenvalue weighted by molar-refractivity contribution is -0.116. The van der Waals surface area contributed by atoms with Gasteiger partial charge in [0.15, 0.2) is 0 Å². The van der Waals surface area contributed by atoms with Crippen LogP contribution in [0.15, 0.2) is 42.5 Å². The zero-order chi connectivity index (χ0) is 17.7. The molecule has 4 nitrogen and oxygen atoms in total. The topological polar surface area (TPSA) is 49.4 Å². The van der Waals surface area contributed by atoms with Crippen LogP contribution in [0.25, 0.3) is 0 Å². The molecule has 0 atom stereocenters. The number of anilines is 1. The monoisotopic (exact) mass is 348 g/mol. The number of hydrogen-bond donors (Lipinski definition) is 1. The first kappa shape index (κ1) is 17.9. The summed E-state index contributed by atoms with van der Waals surface area (Å²) in [5, 5.41) is 3.19. The molecule has 0 radical (unpaired) electrons. The van der Waals surface area contributed by atoms with E-state index in [0.29, 0.717) is 10.7 Å². The summed E-state index contributed by atoms with van der Waals surface area (Å²) in [5.41, 5.74) is 1.45. The first-order valence-corrected chi connectivity index (χ1v) is 7.85. The number of rotatable bonds is 5. The molecule has 0 bridgehead atoms. The minimum absolute atomic E-state index is 0.0224. The minimum Gasteiger partial charge on any atom is -0.350 e. The minimum atomic E-state index is -0.580. The van der Waals surface area contributed by atoms with Crippen LogP contribution in [0, 0.1) is 12.7 Å².